The molecule has 0 spiro atoms. The van der Waals surface area contributed by atoms with E-state index in [1.807, 2.05) is 14.1 Å². The van der Waals surface area contributed by atoms with Crippen LogP contribution in [0.1, 0.15) is 23.3 Å². The Hall–Kier alpha value is -2.91. The fourth-order valence-electron chi connectivity index (χ4n) is 2.61. The molecule has 0 saturated heterocycles. The number of anilines is 2. The van der Waals surface area contributed by atoms with E-state index >= 15 is 0 Å². The van der Waals surface area contributed by atoms with Crippen molar-refractivity contribution in [2.24, 2.45) is 0 Å². The van der Waals surface area contributed by atoms with Crippen molar-refractivity contribution >= 4 is 35.1 Å². The van der Waals surface area contributed by atoms with E-state index in [2.05, 4.69) is 33.8 Å². The number of rotatable bonds is 12. The molecule has 2 amide bonds. The quantitative estimate of drug-likeness (QED) is 0.221. The molecule has 0 atom stereocenters. The van der Waals surface area contributed by atoms with E-state index in [-0.39, 0.29) is 34.8 Å². The number of nitrogens with zero attached hydrogens (tertiary/aromatic N) is 3. The molecule has 0 aliphatic rings. The third-order valence-electron chi connectivity index (χ3n) is 4.34. The molecule has 1 heterocycles. The molecule has 0 radical (unpaired) electrons. The van der Waals surface area contributed by atoms with Gasteiger partial charge in [0.15, 0.2) is 22.5 Å². The number of nitrogen functional groups attached to an aromatic ring is 2. The summed E-state index contributed by atoms with van der Waals surface area (Å²) in [6.45, 7) is 9.78. The lowest BCUT2D eigenvalue weighted by Gasteiger charge is -2.30. The number of nitrogens with two attached hydrogens (primary N) is 2. The Morgan fingerprint density at radius 2 is 1.80 bits per heavy atom. The number of halogens is 1. The van der Waals surface area contributed by atoms with Crippen LogP contribution in [0.15, 0.2) is 37.0 Å². The first-order valence-electron chi connectivity index (χ1n) is 9.49. The van der Waals surface area contributed by atoms with Crippen LogP contribution >= 0.6 is 11.6 Å². The van der Waals surface area contributed by atoms with E-state index in [1.54, 1.807) is 18.2 Å². The number of nitrogens with one attached hydrogen (secondary N) is 2. The second kappa shape index (κ2) is 11.9. The zero-order chi connectivity index (χ0) is 22.7. The molecule has 164 valence electrons. The van der Waals surface area contributed by atoms with Crippen molar-refractivity contribution in [1.82, 2.24) is 20.6 Å². The van der Waals surface area contributed by atoms with Crippen LogP contribution in [0.3, 0.4) is 0 Å². The van der Waals surface area contributed by atoms with Gasteiger partial charge < -0.3 is 26.6 Å². The predicted molar refractivity (Wildman–Crippen MR) is 121 cm³/mol. The summed E-state index contributed by atoms with van der Waals surface area (Å²) in [5.41, 5.74) is 12.0. The summed E-state index contributed by atoms with van der Waals surface area (Å²) < 4.78 is 0.661. The summed E-state index contributed by atoms with van der Waals surface area (Å²) in [5.74, 6) is -0.601. The third kappa shape index (κ3) is 8.62. The maximum absolute atomic E-state index is 12.2. The number of quaternary nitrogens is 1. The topological polar surface area (TPSA) is 136 Å². The maximum atomic E-state index is 12.2. The van der Waals surface area contributed by atoms with Crippen LogP contribution < -0.4 is 22.1 Å². The van der Waals surface area contributed by atoms with E-state index in [1.165, 1.54) is 0 Å². The highest BCUT2D eigenvalue weighted by atomic mass is 35.5. The zero-order valence-electron chi connectivity index (χ0n) is 17.6. The first-order valence-corrected chi connectivity index (χ1v) is 9.87. The number of hydrogen-bond donors (Lipinski definition) is 4. The van der Waals surface area contributed by atoms with E-state index in [4.69, 9.17) is 23.1 Å². The lowest BCUT2D eigenvalue weighted by atomic mass is 10.1. The summed E-state index contributed by atoms with van der Waals surface area (Å²) in [6, 6.07) is 0. The fourth-order valence-corrected chi connectivity index (χ4v) is 2.74. The van der Waals surface area contributed by atoms with Gasteiger partial charge in [0.1, 0.15) is 0 Å². The molecule has 1 aromatic rings. The summed E-state index contributed by atoms with van der Waals surface area (Å²) in [4.78, 5) is 31.9. The van der Waals surface area contributed by atoms with Crippen molar-refractivity contribution in [2.45, 2.75) is 12.8 Å². The van der Waals surface area contributed by atoms with Gasteiger partial charge in [-0.1, -0.05) is 43.0 Å². The van der Waals surface area contributed by atoms with Crippen LogP contribution in [0.2, 0.25) is 5.15 Å². The number of hydrogen-bond acceptors (Lipinski definition) is 6. The van der Waals surface area contributed by atoms with Crippen molar-refractivity contribution in [3.63, 3.8) is 0 Å². The zero-order valence-corrected chi connectivity index (χ0v) is 18.3. The molecule has 6 N–H and O–H groups in total. The molecule has 0 bridgehead atoms. The predicted octanol–water partition coefficient (Wildman–Crippen LogP) is 1.30. The minimum Gasteiger partial charge on any atom is -0.382 e. The van der Waals surface area contributed by atoms with Gasteiger partial charge in [0.25, 0.3) is 5.91 Å². The number of carbonyl (C=O) groups is 2. The molecule has 0 saturated carbocycles. The van der Waals surface area contributed by atoms with Crippen LogP contribution in [-0.2, 0) is 4.79 Å². The van der Waals surface area contributed by atoms with E-state index < -0.39 is 5.91 Å². The number of likely N-dealkylation sites (N-methyl/N-ethyl adjacent to an activating group) is 1. The van der Waals surface area contributed by atoms with E-state index in [9.17, 15) is 9.59 Å². The first kappa shape index (κ1) is 25.1. The minimum absolute atomic E-state index is 0.0203. The highest BCUT2D eigenvalue weighted by molar-refractivity contribution is 6.31. The van der Waals surface area contributed by atoms with Crippen LogP contribution in [-0.4, -0.2) is 66.5 Å². The first-order chi connectivity index (χ1) is 14.1. The van der Waals surface area contributed by atoms with Crippen molar-refractivity contribution in [3.05, 3.63) is 47.8 Å². The van der Waals surface area contributed by atoms with Crippen molar-refractivity contribution in [1.29, 1.82) is 0 Å². The molecule has 30 heavy (non-hydrogen) atoms. The number of amides is 2. The second-order valence-electron chi connectivity index (χ2n) is 7.33. The third-order valence-corrected chi connectivity index (χ3v) is 4.62. The number of aromatic nitrogens is 2. The molecule has 0 aliphatic carbocycles. The molecule has 0 fully saturated rings. The van der Waals surface area contributed by atoms with Crippen LogP contribution in [0.4, 0.5) is 11.6 Å². The molecular weight excluding hydrogens is 406 g/mol. The molecule has 1 aromatic heterocycles. The Bertz CT molecular complexity index is 822. The maximum Gasteiger partial charge on any atom is 0.273 e. The lowest BCUT2D eigenvalue weighted by Crippen LogP contribution is -2.46. The van der Waals surface area contributed by atoms with Crippen LogP contribution in [0, 0.1) is 0 Å². The van der Waals surface area contributed by atoms with Crippen molar-refractivity contribution < 1.29 is 14.1 Å². The summed E-state index contributed by atoms with van der Waals surface area (Å²) >= 11 is 5.80. The molecule has 10 heteroatoms. The smallest absolute Gasteiger partial charge is 0.273 e. The molecule has 0 aromatic carbocycles. The standard InChI is InChI=1S/C20H30ClN7O2/c1-5-8-14(6-2)13-15(29)24-9-7-11-28(3,4)12-10-25-20(30)16-18(22)27-19(23)17(21)26-16/h5-6,8H,1-2,7,9-13H2,3-4H3,(H5-,22,23,24,25,27,29,30)/p+1/b14-8+. The molecule has 0 unspecified atom stereocenters. The Balaban J connectivity index is 2.37. The molecule has 0 aliphatic heterocycles. The van der Waals surface area contributed by atoms with Gasteiger partial charge in [-0.2, -0.15) is 0 Å². The van der Waals surface area contributed by atoms with Gasteiger partial charge in [-0.05, 0) is 5.57 Å². The summed E-state index contributed by atoms with van der Waals surface area (Å²) in [6.07, 6.45) is 6.12. The fraction of sp³-hybridized carbons (Fsp3) is 0.400. The average molecular weight is 437 g/mol. The molecule has 1 rings (SSSR count). The highest BCUT2D eigenvalue weighted by Crippen LogP contribution is 2.17. The van der Waals surface area contributed by atoms with Crippen LogP contribution in [0.25, 0.3) is 0 Å². The molecular formula is C20H31ClN7O2+. The van der Waals surface area contributed by atoms with Crippen molar-refractivity contribution in [2.75, 3.05) is 51.7 Å². The minimum atomic E-state index is -0.459. The number of allylic oxidation sites excluding steroid dienone is 3. The Kier molecular flexibility index (Phi) is 10.00. The van der Waals surface area contributed by atoms with E-state index in [0.717, 1.165) is 18.5 Å². The normalized spacial score (nSPS) is 11.6. The van der Waals surface area contributed by atoms with Gasteiger partial charge in [0.05, 0.1) is 40.2 Å². The SMILES string of the molecule is C=C/C=C(\C=C)CC(=O)NCCC[N+](C)(C)CCNC(=O)c1nc(Cl)c(N)nc1N. The lowest BCUT2D eigenvalue weighted by molar-refractivity contribution is -0.889. The largest absolute Gasteiger partial charge is 0.382 e. The van der Waals surface area contributed by atoms with Gasteiger partial charge in [-0.15, -0.1) is 0 Å². The van der Waals surface area contributed by atoms with Gasteiger partial charge in [0, 0.05) is 13.0 Å². The summed E-state index contributed by atoms with van der Waals surface area (Å²) in [7, 11) is 4.09. The van der Waals surface area contributed by atoms with Gasteiger partial charge in [0.2, 0.25) is 5.91 Å². The number of carbonyl (C=O) groups excluding carboxylic acids is 2. The van der Waals surface area contributed by atoms with Gasteiger partial charge >= 0.3 is 0 Å². The van der Waals surface area contributed by atoms with Crippen LogP contribution in [0.5, 0.6) is 0 Å². The van der Waals surface area contributed by atoms with Crippen molar-refractivity contribution in [3.8, 4) is 0 Å². The van der Waals surface area contributed by atoms with Gasteiger partial charge in [-0.25, -0.2) is 9.97 Å². The second-order valence-corrected chi connectivity index (χ2v) is 7.69. The Morgan fingerprint density at radius 1 is 1.10 bits per heavy atom. The Morgan fingerprint density at radius 3 is 2.43 bits per heavy atom. The van der Waals surface area contributed by atoms with Gasteiger partial charge in [-0.3, -0.25) is 9.59 Å². The monoisotopic (exact) mass is 436 g/mol. The highest BCUT2D eigenvalue weighted by Gasteiger charge is 2.18. The molecule has 9 nitrogen and oxygen atoms in total. The Labute approximate surface area is 182 Å². The average Bonchev–Trinajstić information content (AvgIpc) is 2.67. The van der Waals surface area contributed by atoms with E-state index in [0.29, 0.717) is 24.1 Å². The summed E-state index contributed by atoms with van der Waals surface area (Å²) in [5, 5.41) is 5.60.